The number of pyridine rings is 1. The predicted molar refractivity (Wildman–Crippen MR) is 156 cm³/mol. The number of anilines is 1. The fourth-order valence-electron chi connectivity index (χ4n) is 5.06. The van der Waals surface area contributed by atoms with Crippen molar-refractivity contribution in [3.8, 4) is 11.3 Å². The van der Waals surface area contributed by atoms with E-state index in [1.54, 1.807) is 17.0 Å². The summed E-state index contributed by atoms with van der Waals surface area (Å²) >= 11 is 0. The van der Waals surface area contributed by atoms with Crippen molar-refractivity contribution in [1.29, 1.82) is 0 Å². The first kappa shape index (κ1) is 28.9. The van der Waals surface area contributed by atoms with Gasteiger partial charge in [0.25, 0.3) is 0 Å². The van der Waals surface area contributed by atoms with Gasteiger partial charge in [-0.05, 0) is 50.6 Å². The zero-order valence-electron chi connectivity index (χ0n) is 24.0. The number of morpholine rings is 1. The number of piperazine rings is 1. The van der Waals surface area contributed by atoms with E-state index in [0.29, 0.717) is 48.5 Å². The molecule has 2 amide bonds. The molecular weight excluding hydrogens is 525 g/mol. The van der Waals surface area contributed by atoms with Crippen LogP contribution in [-0.4, -0.2) is 96.3 Å². The number of benzene rings is 2. The van der Waals surface area contributed by atoms with Crippen LogP contribution in [0, 0.1) is 5.82 Å². The molecule has 2 fully saturated rings. The first-order chi connectivity index (χ1) is 19.6. The standard InChI is InChI=1S/C31H38FN5O4/c1-31(2,3)41-30(39)37-12-10-35(11-13-37)21-29(38)34-28-19-27(33-26-9-8-24(32)18-25(26)28)23-6-4-22(5-7-23)20-36-14-16-40-17-15-36/h4-9,18-19H,10-17,20-21H2,1-3H3,(H,33,34,38). The Bertz CT molecular complexity index is 1380. The maximum atomic E-state index is 14.2. The molecule has 0 bridgehead atoms. The quantitative estimate of drug-likeness (QED) is 0.477. The van der Waals surface area contributed by atoms with Crippen LogP contribution in [0.3, 0.4) is 0 Å². The molecular formula is C31H38FN5O4. The van der Waals surface area contributed by atoms with Crippen LogP contribution in [0.4, 0.5) is 14.9 Å². The summed E-state index contributed by atoms with van der Waals surface area (Å²) in [6.45, 7) is 12.0. The first-order valence-electron chi connectivity index (χ1n) is 14.1. The lowest BCUT2D eigenvalue weighted by Crippen LogP contribution is -2.51. The van der Waals surface area contributed by atoms with Gasteiger partial charge in [0.1, 0.15) is 11.4 Å². The van der Waals surface area contributed by atoms with Gasteiger partial charge in [-0.15, -0.1) is 0 Å². The van der Waals surface area contributed by atoms with Crippen molar-refractivity contribution in [2.45, 2.75) is 32.9 Å². The summed E-state index contributed by atoms with van der Waals surface area (Å²) in [7, 11) is 0. The number of aromatic nitrogens is 1. The Morgan fingerprint density at radius 1 is 0.951 bits per heavy atom. The van der Waals surface area contributed by atoms with E-state index >= 15 is 0 Å². The van der Waals surface area contributed by atoms with Crippen LogP contribution in [-0.2, 0) is 20.8 Å². The molecule has 2 aliphatic heterocycles. The van der Waals surface area contributed by atoms with Gasteiger partial charge < -0.3 is 19.7 Å². The van der Waals surface area contributed by atoms with Crippen molar-refractivity contribution in [3.63, 3.8) is 0 Å². The SMILES string of the molecule is CC(C)(C)OC(=O)N1CCN(CC(=O)Nc2cc(-c3ccc(CN4CCOCC4)cc3)nc3ccc(F)cc23)CC1. The molecule has 9 nitrogen and oxygen atoms in total. The lowest BCUT2D eigenvalue weighted by Gasteiger charge is -2.35. The van der Waals surface area contributed by atoms with Gasteiger partial charge in [-0.2, -0.15) is 0 Å². The van der Waals surface area contributed by atoms with Gasteiger partial charge in [0.2, 0.25) is 5.91 Å². The highest BCUT2D eigenvalue weighted by atomic mass is 19.1. The predicted octanol–water partition coefficient (Wildman–Crippen LogP) is 4.36. The Morgan fingerprint density at radius 2 is 1.66 bits per heavy atom. The molecule has 3 aromatic rings. The Hall–Kier alpha value is -3.60. The summed E-state index contributed by atoms with van der Waals surface area (Å²) in [5.74, 6) is -0.604. The van der Waals surface area contributed by atoms with E-state index in [1.165, 1.54) is 17.7 Å². The van der Waals surface area contributed by atoms with E-state index in [4.69, 9.17) is 14.5 Å². The number of hydrogen-bond acceptors (Lipinski definition) is 7. The minimum Gasteiger partial charge on any atom is -0.444 e. The molecule has 0 saturated carbocycles. The number of halogens is 1. The third-order valence-electron chi connectivity index (χ3n) is 7.20. The van der Waals surface area contributed by atoms with Gasteiger partial charge >= 0.3 is 6.09 Å². The van der Waals surface area contributed by atoms with E-state index < -0.39 is 11.4 Å². The fourth-order valence-corrected chi connectivity index (χ4v) is 5.06. The summed E-state index contributed by atoms with van der Waals surface area (Å²) in [5.41, 5.74) is 3.38. The molecule has 5 rings (SSSR count). The van der Waals surface area contributed by atoms with Gasteiger partial charge in [0.15, 0.2) is 0 Å². The van der Waals surface area contributed by atoms with Gasteiger partial charge in [-0.3, -0.25) is 14.6 Å². The Morgan fingerprint density at radius 3 is 2.34 bits per heavy atom. The number of rotatable bonds is 6. The minimum atomic E-state index is -0.551. The van der Waals surface area contributed by atoms with Crippen molar-refractivity contribution in [1.82, 2.24) is 19.7 Å². The third-order valence-corrected chi connectivity index (χ3v) is 7.20. The monoisotopic (exact) mass is 563 g/mol. The van der Waals surface area contributed by atoms with E-state index in [9.17, 15) is 14.0 Å². The molecule has 0 aliphatic carbocycles. The zero-order valence-corrected chi connectivity index (χ0v) is 24.0. The van der Waals surface area contributed by atoms with Crippen LogP contribution in [0.15, 0.2) is 48.5 Å². The van der Waals surface area contributed by atoms with Crippen molar-refractivity contribution in [2.75, 3.05) is 64.3 Å². The van der Waals surface area contributed by atoms with Gasteiger partial charge in [-0.1, -0.05) is 24.3 Å². The molecule has 0 unspecified atom stereocenters. The molecule has 0 radical (unpaired) electrons. The lowest BCUT2D eigenvalue weighted by molar-refractivity contribution is -0.117. The molecule has 41 heavy (non-hydrogen) atoms. The van der Waals surface area contributed by atoms with Crippen molar-refractivity contribution in [2.24, 2.45) is 0 Å². The summed E-state index contributed by atoms with van der Waals surface area (Å²) in [5, 5.41) is 3.53. The normalized spacial score (nSPS) is 17.0. The molecule has 2 saturated heterocycles. The number of carbonyl (C=O) groups excluding carboxylic acids is 2. The Balaban J connectivity index is 1.26. The highest BCUT2D eigenvalue weighted by Crippen LogP contribution is 2.29. The number of hydrogen-bond donors (Lipinski definition) is 1. The molecule has 0 spiro atoms. The van der Waals surface area contributed by atoms with E-state index in [0.717, 1.165) is 38.4 Å². The Labute approximate surface area is 240 Å². The molecule has 2 aliphatic rings. The van der Waals surface area contributed by atoms with Gasteiger partial charge in [0, 0.05) is 56.8 Å². The largest absolute Gasteiger partial charge is 0.444 e. The van der Waals surface area contributed by atoms with Gasteiger partial charge in [0.05, 0.1) is 36.7 Å². The fraction of sp³-hybridized carbons (Fsp3) is 0.452. The van der Waals surface area contributed by atoms with E-state index in [1.807, 2.05) is 37.8 Å². The number of fused-ring (bicyclic) bond motifs is 1. The van der Waals surface area contributed by atoms with Gasteiger partial charge in [-0.25, -0.2) is 14.2 Å². The van der Waals surface area contributed by atoms with Crippen molar-refractivity contribution >= 4 is 28.6 Å². The second-order valence-corrected chi connectivity index (χ2v) is 11.6. The summed E-state index contributed by atoms with van der Waals surface area (Å²) in [6.07, 6.45) is -0.339. The zero-order chi connectivity index (χ0) is 29.0. The smallest absolute Gasteiger partial charge is 0.410 e. The minimum absolute atomic E-state index is 0.160. The molecule has 0 atom stereocenters. The van der Waals surface area contributed by atoms with Crippen LogP contribution in [0.2, 0.25) is 0 Å². The van der Waals surface area contributed by atoms with E-state index in [-0.39, 0.29) is 18.5 Å². The second-order valence-electron chi connectivity index (χ2n) is 11.6. The van der Waals surface area contributed by atoms with Crippen LogP contribution in [0.5, 0.6) is 0 Å². The molecule has 1 aromatic heterocycles. The molecule has 218 valence electrons. The maximum absolute atomic E-state index is 14.2. The van der Waals surface area contributed by atoms with Crippen LogP contribution < -0.4 is 5.32 Å². The number of nitrogens with one attached hydrogen (secondary N) is 1. The topological polar surface area (TPSA) is 87.2 Å². The third kappa shape index (κ3) is 7.78. The highest BCUT2D eigenvalue weighted by molar-refractivity contribution is 6.02. The molecule has 3 heterocycles. The van der Waals surface area contributed by atoms with Crippen LogP contribution in [0.1, 0.15) is 26.3 Å². The number of amides is 2. The van der Waals surface area contributed by atoms with Crippen LogP contribution in [0.25, 0.3) is 22.2 Å². The molecule has 2 aromatic carbocycles. The average Bonchev–Trinajstić information content (AvgIpc) is 2.93. The number of carbonyl (C=O) groups is 2. The summed E-state index contributed by atoms with van der Waals surface area (Å²) < 4.78 is 25.1. The Kier molecular flexibility index (Phi) is 8.82. The first-order valence-corrected chi connectivity index (χ1v) is 14.1. The maximum Gasteiger partial charge on any atom is 0.410 e. The number of nitrogens with zero attached hydrogens (tertiary/aromatic N) is 4. The molecule has 10 heteroatoms. The number of ether oxygens (including phenoxy) is 2. The second kappa shape index (κ2) is 12.5. The van der Waals surface area contributed by atoms with E-state index in [2.05, 4.69) is 22.3 Å². The lowest BCUT2D eigenvalue weighted by atomic mass is 10.1. The summed E-state index contributed by atoms with van der Waals surface area (Å²) in [6, 6.07) is 14.5. The highest BCUT2D eigenvalue weighted by Gasteiger charge is 2.26. The summed E-state index contributed by atoms with van der Waals surface area (Å²) in [4.78, 5) is 36.3. The van der Waals surface area contributed by atoms with Crippen molar-refractivity contribution in [3.05, 3.63) is 59.9 Å². The molecule has 1 N–H and O–H groups in total. The van der Waals surface area contributed by atoms with Crippen LogP contribution >= 0.6 is 0 Å². The van der Waals surface area contributed by atoms with Crippen molar-refractivity contribution < 1.29 is 23.5 Å². The average molecular weight is 564 g/mol.